The number of pyridine rings is 4. The van der Waals surface area contributed by atoms with Crippen LogP contribution in [0.4, 0.5) is 13.2 Å². The Morgan fingerprint density at radius 1 is 0.526 bits per heavy atom. The van der Waals surface area contributed by atoms with E-state index in [4.69, 9.17) is 34.1 Å². The van der Waals surface area contributed by atoms with Crippen molar-refractivity contribution in [3.05, 3.63) is 216 Å². The van der Waals surface area contributed by atoms with Crippen molar-refractivity contribution < 1.29 is 87.5 Å². The van der Waals surface area contributed by atoms with Crippen LogP contribution in [0.2, 0.25) is 0 Å². The molecule has 2 fully saturated rings. The number of halogens is 3. The van der Waals surface area contributed by atoms with Crippen LogP contribution >= 0.6 is 0 Å². The molecule has 78 heavy (non-hydrogen) atoms. The maximum Gasteiger partial charge on any atom is 0.522 e. The molecule has 2 radical (unpaired) electrons. The third kappa shape index (κ3) is 22.3. The van der Waals surface area contributed by atoms with Crippen molar-refractivity contribution >= 4 is 10.1 Å². The summed E-state index contributed by atoms with van der Waals surface area (Å²) >= 11 is 0. The second-order valence-corrected chi connectivity index (χ2v) is 18.4. The minimum absolute atomic E-state index is 0. The van der Waals surface area contributed by atoms with E-state index in [1.165, 1.54) is 25.2 Å². The normalized spacial score (nSPS) is 15.6. The Hall–Kier alpha value is -5.60. The van der Waals surface area contributed by atoms with E-state index in [0.717, 1.165) is 133 Å². The molecule has 4 aromatic heterocycles. The quantitative estimate of drug-likeness (QED) is 0.0841. The van der Waals surface area contributed by atoms with Gasteiger partial charge in [0.2, 0.25) is 0 Å². The third-order valence-electron chi connectivity index (χ3n) is 11.8. The largest absolute Gasteiger partial charge is 0.522 e. The Labute approximate surface area is 499 Å². The number of hydrogen-bond donors (Lipinski definition) is 3. The second-order valence-electron chi connectivity index (χ2n) is 17.0. The number of aliphatic hydroxyl groups excluding tert-OH is 2. The number of aromatic nitrogens is 4. The molecule has 0 atom stereocenters. The maximum absolute atomic E-state index is 10.7. The van der Waals surface area contributed by atoms with Crippen LogP contribution in [0.5, 0.6) is 0 Å². The molecule has 8 aromatic rings. The summed E-state index contributed by atoms with van der Waals surface area (Å²) in [6.07, 6.45) is 17.4. The maximum atomic E-state index is 10.7. The van der Waals surface area contributed by atoms with Crippen LogP contribution in [0, 0.1) is 45.8 Å². The topological polar surface area (TPSA) is 146 Å². The van der Waals surface area contributed by atoms with Gasteiger partial charge in [0.1, 0.15) is 0 Å². The Balaban J connectivity index is 0.000000366. The summed E-state index contributed by atoms with van der Waals surface area (Å²) in [5.41, 5.74) is 5.96. The molecule has 420 valence electrons. The molecule has 2 saturated carbocycles. The van der Waals surface area contributed by atoms with Gasteiger partial charge in [0.25, 0.3) is 0 Å². The van der Waals surface area contributed by atoms with Gasteiger partial charge in [-0.3, -0.25) is 9.54 Å². The summed E-state index contributed by atoms with van der Waals surface area (Å²) in [4.78, 5) is 17.4. The van der Waals surface area contributed by atoms with E-state index < -0.39 is 41.1 Å². The first kappa shape index (κ1) is 55.7. The average molecular weight is 1440 g/mol. The van der Waals surface area contributed by atoms with Gasteiger partial charge in [-0.15, -0.1) is 108 Å². The molecule has 2 aliphatic carbocycles. The Bertz CT molecular complexity index is 3150. The van der Waals surface area contributed by atoms with Crippen LogP contribution in [0.1, 0.15) is 120 Å². The van der Waals surface area contributed by atoms with Crippen molar-refractivity contribution in [3.8, 4) is 45.0 Å². The summed E-state index contributed by atoms with van der Waals surface area (Å²) in [5, 5.41) is 14.0. The molecule has 0 spiro atoms. The summed E-state index contributed by atoms with van der Waals surface area (Å²) < 4.78 is 119. The van der Waals surface area contributed by atoms with Crippen molar-refractivity contribution in [2.75, 3.05) is 14.2 Å². The number of alkyl halides is 3. The van der Waals surface area contributed by atoms with Gasteiger partial charge in [-0.1, -0.05) is 110 Å². The SMILES string of the molecule is CO.CO.O=S(=O)(O)C(F)(F)F.[2H]C([2H])([2H])c1cnc(-c2[c-]cccc2)cc1C.[2H]C([2H])([2H])c1cnc(-c2[c-]cccc2)cc1C.[2H]C1(c2cccnc2-c2[c-]cccc2)CCCCC1.[2H]C1(c2cccnc2-c2ccccc2)CCCCC1.[Ir].[Ir]. The van der Waals surface area contributed by atoms with Gasteiger partial charge in [-0.2, -0.15) is 21.6 Å². The number of hydrogen-bond acceptors (Lipinski definition) is 8. The van der Waals surface area contributed by atoms with Gasteiger partial charge in [-0.25, -0.2) is 0 Å². The van der Waals surface area contributed by atoms with Gasteiger partial charge in [-0.05, 0) is 111 Å². The van der Waals surface area contributed by atoms with Crippen LogP contribution in [-0.2, 0) is 50.3 Å². The fraction of sp³-hybridized carbons (Fsp3) is 0.302. The summed E-state index contributed by atoms with van der Waals surface area (Å²) in [7, 11) is -3.84. The van der Waals surface area contributed by atoms with E-state index in [2.05, 4.69) is 62.4 Å². The third-order valence-corrected chi connectivity index (χ3v) is 12.4. The molecule has 0 aliphatic heterocycles. The molecule has 4 heterocycles. The number of benzene rings is 4. The summed E-state index contributed by atoms with van der Waals surface area (Å²) in [6.45, 7) is -0.627. The van der Waals surface area contributed by atoms with E-state index in [1.807, 2.05) is 116 Å². The fourth-order valence-corrected chi connectivity index (χ4v) is 7.97. The van der Waals surface area contributed by atoms with Crippen LogP contribution in [0.15, 0.2) is 164 Å². The summed E-state index contributed by atoms with van der Waals surface area (Å²) in [5.74, 6) is -0.913. The zero-order valence-corrected chi connectivity index (χ0v) is 49.4. The van der Waals surface area contributed by atoms with Crippen LogP contribution in [0.3, 0.4) is 0 Å². The first-order chi connectivity index (χ1) is 39.8. The molecule has 2 aliphatic rings. The average Bonchev–Trinajstić information content (AvgIpc) is 1.73. The van der Waals surface area contributed by atoms with E-state index >= 15 is 0 Å². The Morgan fingerprint density at radius 3 is 1.26 bits per heavy atom. The molecule has 0 unspecified atom stereocenters. The first-order valence-corrected chi connectivity index (χ1v) is 26.0. The van der Waals surface area contributed by atoms with E-state index in [-0.39, 0.29) is 40.2 Å². The molecule has 0 amide bonds. The fourth-order valence-electron chi connectivity index (χ4n) is 7.97. The molecule has 4 aromatic carbocycles. The molecule has 0 saturated heterocycles. The van der Waals surface area contributed by atoms with E-state index in [9.17, 15) is 13.2 Å². The predicted octanol–water partition coefficient (Wildman–Crippen LogP) is 15.3. The van der Waals surface area contributed by atoms with Crippen molar-refractivity contribution in [1.29, 1.82) is 0 Å². The molecule has 15 heteroatoms. The zero-order valence-electron chi connectivity index (χ0n) is 51.8. The van der Waals surface area contributed by atoms with Crippen molar-refractivity contribution in [1.82, 2.24) is 19.9 Å². The second kappa shape index (κ2) is 36.5. The number of aryl methyl sites for hydroxylation is 4. The molecular formula is C63H70F3Ir2N4O5S-3. The van der Waals surface area contributed by atoms with Crippen LogP contribution in [-0.4, -0.2) is 62.8 Å². The number of nitrogens with zero attached hydrogens (tertiary/aromatic N) is 4. The molecule has 0 bridgehead atoms. The Morgan fingerprint density at radius 2 is 0.897 bits per heavy atom. The van der Waals surface area contributed by atoms with Gasteiger partial charge in [0.05, 0.1) is 5.69 Å². The molecule has 9 nitrogen and oxygen atoms in total. The van der Waals surface area contributed by atoms with Gasteiger partial charge in [0.15, 0.2) is 0 Å². The minimum atomic E-state index is -5.84. The molecular weight excluding hydrogens is 1370 g/mol. The van der Waals surface area contributed by atoms with Crippen LogP contribution in [0.25, 0.3) is 45.0 Å². The number of rotatable bonds is 6. The van der Waals surface area contributed by atoms with Crippen molar-refractivity contribution in [2.24, 2.45) is 0 Å². The zero-order chi connectivity index (χ0) is 62.2. The number of aliphatic hydroxyl groups is 2. The molecule has 3 N–H and O–H groups in total. The van der Waals surface area contributed by atoms with Crippen molar-refractivity contribution in [2.45, 2.75) is 109 Å². The van der Waals surface area contributed by atoms with Crippen LogP contribution < -0.4 is 0 Å². The standard InChI is InChI=1S/C17H19N.C17H18N.2C13H12N.CHF3O3S.2CH4O.2Ir/c2*1-3-8-14(9-4-1)16-12-7-13-18-17(16)15-10-5-2-6-11-15;2*1-10-8-13(14-9-11(10)2)12-6-4-3-5-7-12;2-1(3,4)8(5,6)7;2*1-2;;/h2,5-7,10-14H,1,3-4,8-9H2;2,5-7,10,12-14H,1,3-4,8-9H2;2*3-6,8-9H,1-2H3;(H,5,6,7);2*2H,1H3;;/q;3*-1;;;;;/i2*14D;2*2D3;;;;;. The summed E-state index contributed by atoms with van der Waals surface area (Å²) in [6, 6.07) is 54.1. The van der Waals surface area contributed by atoms with Gasteiger partial charge >= 0.3 is 15.6 Å². The minimum Gasteiger partial charge on any atom is -0.400 e. The van der Waals surface area contributed by atoms with E-state index in [1.54, 1.807) is 26.0 Å². The Kier molecular flexibility index (Phi) is 26.1. The van der Waals surface area contributed by atoms with Gasteiger partial charge in [0, 0.05) is 95.7 Å². The molecule has 10 rings (SSSR count). The first-order valence-electron chi connectivity index (χ1n) is 28.6. The van der Waals surface area contributed by atoms with Gasteiger partial charge < -0.3 is 25.2 Å². The van der Waals surface area contributed by atoms with Crippen molar-refractivity contribution in [3.63, 3.8) is 0 Å². The smallest absolute Gasteiger partial charge is 0.400 e. The monoisotopic (exact) mass is 1450 g/mol. The van der Waals surface area contributed by atoms with E-state index in [0.29, 0.717) is 11.1 Å². The predicted molar refractivity (Wildman–Crippen MR) is 300 cm³/mol.